The molecule has 1 fully saturated rings. The van der Waals surface area contributed by atoms with Gasteiger partial charge in [-0.1, -0.05) is 6.07 Å². The number of ether oxygens (including phenoxy) is 1. The maximum absolute atomic E-state index is 13.3. The minimum atomic E-state index is -0.787. The topological polar surface area (TPSA) is 103 Å². The highest BCUT2D eigenvalue weighted by atomic mass is 32.1. The molecular weight excluding hydrogens is 378 g/mol. The van der Waals surface area contributed by atoms with E-state index in [0.717, 1.165) is 10.6 Å². The lowest BCUT2D eigenvalue weighted by Crippen LogP contribution is -2.50. The lowest BCUT2D eigenvalue weighted by Gasteiger charge is -2.31. The molecule has 3 aromatic heterocycles. The third kappa shape index (κ3) is 3.27. The first-order valence-corrected chi connectivity index (χ1v) is 9.96. The molecule has 1 unspecified atom stereocenters. The van der Waals surface area contributed by atoms with Crippen LogP contribution in [0, 0.1) is 0 Å². The molecule has 4 rings (SSSR count). The molecular formula is C19H21N5O3S. The maximum Gasteiger partial charge on any atom is 0.254 e. The summed E-state index contributed by atoms with van der Waals surface area (Å²) in [5.74, 6) is -0.743. The van der Waals surface area contributed by atoms with Crippen LogP contribution in [0.25, 0.3) is 21.6 Å². The second kappa shape index (κ2) is 7.33. The maximum atomic E-state index is 13.3. The van der Waals surface area contributed by atoms with Gasteiger partial charge in [-0.05, 0) is 31.4 Å². The van der Waals surface area contributed by atoms with Crippen LogP contribution in [0.1, 0.15) is 30.2 Å². The number of aromatic nitrogens is 3. The number of primary amides is 1. The lowest BCUT2D eigenvalue weighted by atomic mass is 10.1. The number of hydrogen-bond donors (Lipinski definition) is 1. The van der Waals surface area contributed by atoms with Crippen LogP contribution in [0.15, 0.2) is 29.8 Å². The third-order valence-corrected chi connectivity index (χ3v) is 5.62. The Morgan fingerprint density at radius 3 is 2.89 bits per heavy atom. The number of morpholine rings is 1. The quantitative estimate of drug-likeness (QED) is 0.723. The summed E-state index contributed by atoms with van der Waals surface area (Å²) in [6.45, 7) is 4.86. The zero-order valence-corrected chi connectivity index (χ0v) is 16.5. The Kier molecular flexibility index (Phi) is 4.86. The summed E-state index contributed by atoms with van der Waals surface area (Å²) in [7, 11) is 0. The van der Waals surface area contributed by atoms with Gasteiger partial charge in [0.1, 0.15) is 0 Å². The van der Waals surface area contributed by atoms with Crippen molar-refractivity contribution in [2.24, 2.45) is 5.73 Å². The summed E-state index contributed by atoms with van der Waals surface area (Å²) in [4.78, 5) is 32.2. The van der Waals surface area contributed by atoms with Gasteiger partial charge in [-0.15, -0.1) is 11.3 Å². The largest absolute Gasteiger partial charge is 0.367 e. The highest BCUT2D eigenvalue weighted by Crippen LogP contribution is 2.29. The number of rotatable bonds is 4. The molecule has 1 aliphatic heterocycles. The molecule has 0 bridgehead atoms. The van der Waals surface area contributed by atoms with Crippen molar-refractivity contribution >= 4 is 34.2 Å². The summed E-state index contributed by atoms with van der Waals surface area (Å²) < 4.78 is 7.18. The molecule has 1 aliphatic rings. The van der Waals surface area contributed by atoms with Crippen LogP contribution >= 0.6 is 11.3 Å². The van der Waals surface area contributed by atoms with Crippen molar-refractivity contribution in [3.63, 3.8) is 0 Å². The van der Waals surface area contributed by atoms with Gasteiger partial charge in [0.2, 0.25) is 5.91 Å². The molecule has 1 saturated heterocycles. The molecule has 146 valence electrons. The minimum Gasteiger partial charge on any atom is -0.367 e. The highest BCUT2D eigenvalue weighted by Gasteiger charge is 2.30. The van der Waals surface area contributed by atoms with Crippen molar-refractivity contribution in [1.82, 2.24) is 19.7 Å². The van der Waals surface area contributed by atoms with Crippen molar-refractivity contribution in [3.8, 4) is 10.6 Å². The molecule has 0 saturated carbocycles. The summed E-state index contributed by atoms with van der Waals surface area (Å²) in [6, 6.07) is 5.83. The van der Waals surface area contributed by atoms with Crippen LogP contribution in [0.4, 0.5) is 0 Å². The van der Waals surface area contributed by atoms with E-state index in [2.05, 4.69) is 5.10 Å². The van der Waals surface area contributed by atoms with Crippen LogP contribution in [0.5, 0.6) is 0 Å². The van der Waals surface area contributed by atoms with Gasteiger partial charge in [-0.2, -0.15) is 5.10 Å². The first-order valence-electron chi connectivity index (χ1n) is 9.08. The van der Waals surface area contributed by atoms with Gasteiger partial charge in [-0.25, -0.2) is 9.67 Å². The number of carbonyl (C=O) groups is 2. The van der Waals surface area contributed by atoms with Gasteiger partial charge >= 0.3 is 0 Å². The Labute approximate surface area is 165 Å². The van der Waals surface area contributed by atoms with E-state index >= 15 is 0 Å². The monoisotopic (exact) mass is 399 g/mol. The van der Waals surface area contributed by atoms with Crippen molar-refractivity contribution in [2.75, 3.05) is 19.7 Å². The molecule has 0 aromatic carbocycles. The molecule has 3 aromatic rings. The fourth-order valence-corrected chi connectivity index (χ4v) is 3.99. The average Bonchev–Trinajstić information content (AvgIpc) is 3.36. The molecule has 28 heavy (non-hydrogen) atoms. The predicted molar refractivity (Wildman–Crippen MR) is 106 cm³/mol. The molecule has 2 amide bonds. The number of thiophene rings is 1. The summed E-state index contributed by atoms with van der Waals surface area (Å²) >= 11 is 1.56. The minimum absolute atomic E-state index is 0.106. The molecule has 9 heteroatoms. The lowest BCUT2D eigenvalue weighted by molar-refractivity contribution is -0.133. The number of nitrogens with two attached hydrogens (primary N) is 1. The molecule has 8 nitrogen and oxygen atoms in total. The van der Waals surface area contributed by atoms with E-state index in [1.807, 2.05) is 36.0 Å². The summed E-state index contributed by atoms with van der Waals surface area (Å²) in [5.41, 5.74) is 7.28. The Morgan fingerprint density at radius 2 is 2.21 bits per heavy atom. The number of pyridine rings is 1. The van der Waals surface area contributed by atoms with Crippen LogP contribution in [0.2, 0.25) is 0 Å². The summed E-state index contributed by atoms with van der Waals surface area (Å²) in [6.07, 6.45) is 0.893. The Balaban J connectivity index is 1.81. The van der Waals surface area contributed by atoms with E-state index in [1.54, 1.807) is 28.5 Å². The van der Waals surface area contributed by atoms with Crippen LogP contribution in [-0.2, 0) is 9.53 Å². The van der Waals surface area contributed by atoms with E-state index in [1.165, 1.54) is 0 Å². The van der Waals surface area contributed by atoms with Gasteiger partial charge in [0.05, 0.1) is 40.9 Å². The van der Waals surface area contributed by atoms with Crippen LogP contribution < -0.4 is 5.73 Å². The number of amides is 2. The highest BCUT2D eigenvalue weighted by molar-refractivity contribution is 7.13. The van der Waals surface area contributed by atoms with Crippen molar-refractivity contribution in [1.29, 1.82) is 0 Å². The van der Waals surface area contributed by atoms with Crippen molar-refractivity contribution in [2.45, 2.75) is 26.0 Å². The van der Waals surface area contributed by atoms with Gasteiger partial charge in [0.15, 0.2) is 11.8 Å². The smallest absolute Gasteiger partial charge is 0.254 e. The number of fused-ring (bicyclic) bond motifs is 1. The SMILES string of the molecule is CC(C)n1ncc2c(C(=O)N3CCOC(C(N)=O)C3)cc(-c3cccs3)nc21. The Bertz CT molecular complexity index is 1030. The molecule has 2 N–H and O–H groups in total. The molecule has 0 radical (unpaired) electrons. The van der Waals surface area contributed by atoms with E-state index in [4.69, 9.17) is 15.5 Å². The fourth-order valence-electron chi connectivity index (χ4n) is 3.30. The van der Waals surface area contributed by atoms with Gasteiger partial charge in [0, 0.05) is 12.6 Å². The average molecular weight is 399 g/mol. The first-order chi connectivity index (χ1) is 13.5. The molecule has 1 atom stereocenters. The van der Waals surface area contributed by atoms with E-state index in [-0.39, 0.29) is 25.1 Å². The molecule has 4 heterocycles. The molecule has 0 spiro atoms. The van der Waals surface area contributed by atoms with Gasteiger partial charge in [0.25, 0.3) is 5.91 Å². The van der Waals surface area contributed by atoms with Gasteiger partial charge < -0.3 is 15.4 Å². The Morgan fingerprint density at radius 1 is 1.39 bits per heavy atom. The first kappa shape index (κ1) is 18.6. The number of carbonyl (C=O) groups excluding carboxylic acids is 2. The Hall–Kier alpha value is -2.78. The van der Waals surface area contributed by atoms with Crippen LogP contribution in [0.3, 0.4) is 0 Å². The zero-order chi connectivity index (χ0) is 19.8. The van der Waals surface area contributed by atoms with E-state index < -0.39 is 12.0 Å². The number of hydrogen-bond acceptors (Lipinski definition) is 6. The predicted octanol–water partition coefficient (Wildman–Crippen LogP) is 2.07. The second-order valence-electron chi connectivity index (χ2n) is 6.97. The van der Waals surface area contributed by atoms with E-state index in [0.29, 0.717) is 23.1 Å². The van der Waals surface area contributed by atoms with E-state index in [9.17, 15) is 9.59 Å². The normalized spacial score (nSPS) is 17.4. The van der Waals surface area contributed by atoms with Crippen LogP contribution in [-0.4, -0.2) is 57.3 Å². The second-order valence-corrected chi connectivity index (χ2v) is 7.91. The fraction of sp³-hybridized carbons (Fsp3) is 0.368. The molecule has 0 aliphatic carbocycles. The zero-order valence-electron chi connectivity index (χ0n) is 15.7. The van der Waals surface area contributed by atoms with Gasteiger partial charge in [-0.3, -0.25) is 9.59 Å². The third-order valence-electron chi connectivity index (χ3n) is 4.73. The number of nitrogens with zero attached hydrogens (tertiary/aromatic N) is 4. The standard InChI is InChI=1S/C19H21N5O3S/c1-11(2)24-18-13(9-21-24)12(8-14(22-18)16-4-3-7-28-16)19(26)23-5-6-27-15(10-23)17(20)25/h3-4,7-9,11,15H,5-6,10H2,1-2H3,(H2,20,25). The van der Waals surface area contributed by atoms with Crippen molar-refractivity contribution in [3.05, 3.63) is 35.3 Å². The van der Waals surface area contributed by atoms with Crippen molar-refractivity contribution < 1.29 is 14.3 Å². The summed E-state index contributed by atoms with van der Waals surface area (Å²) in [5, 5.41) is 7.11.